The van der Waals surface area contributed by atoms with Gasteiger partial charge >= 0.3 is 14.5 Å². The fourth-order valence-corrected chi connectivity index (χ4v) is 3.45. The van der Waals surface area contributed by atoms with Crippen LogP contribution in [0.2, 0.25) is 0 Å². The number of nitrogens with zero attached hydrogens (tertiary/aromatic N) is 2. The van der Waals surface area contributed by atoms with E-state index in [4.69, 9.17) is 0 Å². The summed E-state index contributed by atoms with van der Waals surface area (Å²) in [7, 11) is -12.0. The number of benzene rings is 2. The first-order valence-electron chi connectivity index (χ1n) is 11.3. The number of allylic oxidation sites excluding steroid dienone is 1. The number of pyridine rings is 2. The summed E-state index contributed by atoms with van der Waals surface area (Å²) in [5.41, 5.74) is 4.96. The van der Waals surface area contributed by atoms with Gasteiger partial charge in [-0.25, -0.2) is 4.57 Å². The Morgan fingerprint density at radius 3 is 1.42 bits per heavy atom. The molecule has 2 aromatic heterocycles. The van der Waals surface area contributed by atoms with Gasteiger partial charge in [-0.05, 0) is 17.2 Å². The minimum Gasteiger partial charge on any atom is -0.418 e. The maximum atomic E-state index is 9.75. The van der Waals surface area contributed by atoms with Gasteiger partial charge in [0.2, 0.25) is 6.04 Å². The Balaban J connectivity index is 0.000000435. The van der Waals surface area contributed by atoms with Crippen molar-refractivity contribution >= 4 is 14.5 Å². The second-order valence-electron chi connectivity index (χ2n) is 7.86. The molecule has 0 aliphatic heterocycles. The van der Waals surface area contributed by atoms with Crippen LogP contribution in [0.1, 0.15) is 17.2 Å². The van der Waals surface area contributed by atoms with Crippen molar-refractivity contribution in [3.05, 3.63) is 133 Å². The molecule has 2 aromatic carbocycles. The first kappa shape index (κ1) is 30.3. The van der Waals surface area contributed by atoms with Crippen molar-refractivity contribution in [1.82, 2.24) is 0 Å². The third-order valence-corrected chi connectivity index (χ3v) is 4.97. The van der Waals surface area contributed by atoms with Crippen molar-refractivity contribution in [3.63, 3.8) is 0 Å². The van der Waals surface area contributed by atoms with Crippen LogP contribution in [0, 0.1) is 0 Å². The molecule has 0 aliphatic rings. The summed E-state index contributed by atoms with van der Waals surface area (Å²) < 4.78 is 82.4. The third kappa shape index (κ3) is 12.3. The summed E-state index contributed by atoms with van der Waals surface area (Å²) >= 11 is 0. The highest BCUT2D eigenvalue weighted by Crippen LogP contribution is 2.18. The van der Waals surface area contributed by atoms with E-state index in [9.17, 15) is 34.5 Å². The van der Waals surface area contributed by atoms with Gasteiger partial charge in [0.15, 0.2) is 31.3 Å². The topological polar surface area (TPSA) is 7.76 Å². The van der Waals surface area contributed by atoms with Crippen LogP contribution in [0.25, 0.3) is 11.1 Å². The molecule has 0 saturated heterocycles. The van der Waals surface area contributed by atoms with E-state index in [1.807, 2.05) is 18.2 Å². The van der Waals surface area contributed by atoms with E-state index in [1.54, 1.807) is 0 Å². The summed E-state index contributed by atoms with van der Waals surface area (Å²) in [5, 5.41) is 0. The van der Waals surface area contributed by atoms with Crippen LogP contribution in [-0.4, -0.2) is 14.5 Å². The summed E-state index contributed by atoms with van der Waals surface area (Å²) in [4.78, 5) is 0. The second kappa shape index (κ2) is 14.1. The lowest BCUT2D eigenvalue weighted by Gasteiger charge is -2.09. The summed E-state index contributed by atoms with van der Waals surface area (Å²) in [5.74, 6) is 0. The normalized spacial score (nSPS) is 11.8. The summed E-state index contributed by atoms with van der Waals surface area (Å²) in [6.07, 6.45) is 10.5. The molecule has 4 rings (SSSR count). The second-order valence-corrected chi connectivity index (χ2v) is 7.86. The molecule has 0 fully saturated rings. The van der Waals surface area contributed by atoms with E-state index < -0.39 is 14.5 Å². The molecule has 4 aromatic rings. The number of halogens is 8. The Hall–Kier alpha value is -3.95. The van der Waals surface area contributed by atoms with Crippen LogP contribution in [-0.2, 0) is 6.54 Å². The molecule has 0 saturated carbocycles. The maximum absolute atomic E-state index is 9.75. The average molecular weight is 538 g/mol. The van der Waals surface area contributed by atoms with Crippen molar-refractivity contribution in [3.8, 4) is 11.1 Å². The van der Waals surface area contributed by atoms with Crippen molar-refractivity contribution < 1.29 is 43.7 Å². The zero-order valence-corrected chi connectivity index (χ0v) is 20.0. The van der Waals surface area contributed by atoms with Gasteiger partial charge in [0, 0.05) is 35.4 Å². The van der Waals surface area contributed by atoms with E-state index in [0.29, 0.717) is 0 Å². The van der Waals surface area contributed by atoms with E-state index in [1.165, 1.54) is 22.3 Å². The van der Waals surface area contributed by atoms with Gasteiger partial charge in [-0.2, -0.15) is 4.57 Å². The molecule has 38 heavy (non-hydrogen) atoms. The molecule has 2 heterocycles. The predicted molar refractivity (Wildman–Crippen MR) is 133 cm³/mol. The van der Waals surface area contributed by atoms with Crippen LogP contribution in [0.3, 0.4) is 0 Å². The SMILES string of the molecule is C=CC(c1ccccc1)[n+]1ccc(-c2cc[n+](Cc3ccccc3)cc2)cc1.F[B-](F)(F)F.F[B-](F)(F)F. The van der Waals surface area contributed by atoms with E-state index >= 15 is 0 Å². The number of rotatable bonds is 6. The van der Waals surface area contributed by atoms with Crippen molar-refractivity contribution in [1.29, 1.82) is 0 Å². The third-order valence-electron chi connectivity index (χ3n) is 4.97. The molecule has 200 valence electrons. The first-order valence-corrected chi connectivity index (χ1v) is 11.3. The Labute approximate surface area is 215 Å². The fraction of sp³-hybridized carbons (Fsp3) is 0.0769. The van der Waals surface area contributed by atoms with Gasteiger partial charge in [-0.15, -0.1) is 0 Å². The highest BCUT2D eigenvalue weighted by atomic mass is 19.5. The van der Waals surface area contributed by atoms with E-state index in [-0.39, 0.29) is 6.04 Å². The van der Waals surface area contributed by atoms with Crippen LogP contribution < -0.4 is 9.13 Å². The first-order chi connectivity index (χ1) is 17.8. The zero-order valence-electron chi connectivity index (χ0n) is 20.0. The minimum atomic E-state index is -6.00. The van der Waals surface area contributed by atoms with Crippen molar-refractivity contribution in [2.24, 2.45) is 0 Å². The van der Waals surface area contributed by atoms with E-state index in [2.05, 4.69) is 113 Å². The summed E-state index contributed by atoms with van der Waals surface area (Å²) in [6.45, 7) is 4.90. The Kier molecular flexibility index (Phi) is 11.2. The molecule has 1 unspecified atom stereocenters. The summed E-state index contributed by atoms with van der Waals surface area (Å²) in [6, 6.07) is 29.8. The van der Waals surface area contributed by atoms with E-state index in [0.717, 1.165) is 6.54 Å². The predicted octanol–water partition coefficient (Wildman–Crippen LogP) is 7.35. The van der Waals surface area contributed by atoms with Gasteiger partial charge in [-0.3, -0.25) is 0 Å². The Morgan fingerprint density at radius 1 is 0.605 bits per heavy atom. The number of hydrogen-bond donors (Lipinski definition) is 0. The molecule has 2 nitrogen and oxygen atoms in total. The molecular weight excluding hydrogens is 514 g/mol. The fourth-order valence-electron chi connectivity index (χ4n) is 3.45. The largest absolute Gasteiger partial charge is 0.673 e. The molecule has 0 amide bonds. The lowest BCUT2D eigenvalue weighted by molar-refractivity contribution is -0.703. The van der Waals surface area contributed by atoms with Crippen LogP contribution in [0.5, 0.6) is 0 Å². The molecule has 0 aliphatic carbocycles. The Morgan fingerprint density at radius 2 is 1.00 bits per heavy atom. The number of aromatic nitrogens is 2. The quantitative estimate of drug-likeness (QED) is 0.105. The van der Waals surface area contributed by atoms with Gasteiger partial charge in [0.05, 0.1) is 0 Å². The van der Waals surface area contributed by atoms with Gasteiger partial charge in [0.1, 0.15) is 0 Å². The molecule has 0 spiro atoms. The highest BCUT2D eigenvalue weighted by Gasteiger charge is 2.21. The van der Waals surface area contributed by atoms with Gasteiger partial charge in [0.25, 0.3) is 0 Å². The van der Waals surface area contributed by atoms with Crippen LogP contribution >= 0.6 is 0 Å². The zero-order chi connectivity index (χ0) is 28.2. The highest BCUT2D eigenvalue weighted by molar-refractivity contribution is 6.50. The standard InChI is InChI=1S/C26H24N2.2BF4/c1-2-26(25-11-7-4-8-12-25)28-19-15-24(16-20-28)23-13-17-27(18-14-23)21-22-9-5-3-6-10-22;2*2-1(3,4)5/h2-20,26H,1,21H2;;/q+2;2*-1. The van der Waals surface area contributed by atoms with Crippen LogP contribution in [0.4, 0.5) is 34.5 Å². The van der Waals surface area contributed by atoms with Crippen molar-refractivity contribution in [2.45, 2.75) is 12.6 Å². The monoisotopic (exact) mass is 538 g/mol. The molecular formula is C26H24B2F8N2. The van der Waals surface area contributed by atoms with Crippen molar-refractivity contribution in [2.75, 3.05) is 0 Å². The molecule has 0 radical (unpaired) electrons. The van der Waals surface area contributed by atoms with Gasteiger partial charge in [-0.1, -0.05) is 67.2 Å². The minimum absolute atomic E-state index is 0.138. The smallest absolute Gasteiger partial charge is 0.418 e. The Bertz CT molecular complexity index is 1210. The maximum Gasteiger partial charge on any atom is 0.673 e. The number of hydrogen-bond acceptors (Lipinski definition) is 0. The average Bonchev–Trinajstić information content (AvgIpc) is 2.85. The van der Waals surface area contributed by atoms with Gasteiger partial charge < -0.3 is 34.5 Å². The molecule has 12 heteroatoms. The molecule has 0 bridgehead atoms. The lowest BCUT2D eigenvalue weighted by Crippen LogP contribution is -2.38. The molecule has 1 atom stereocenters. The molecule has 0 N–H and O–H groups in total. The van der Waals surface area contributed by atoms with Crippen LogP contribution in [0.15, 0.2) is 122 Å². The lowest BCUT2D eigenvalue weighted by atomic mass is 10.1.